The van der Waals surface area contributed by atoms with Gasteiger partial charge in [-0.1, -0.05) is 12.8 Å². The summed E-state index contributed by atoms with van der Waals surface area (Å²) in [7, 11) is 0. The van der Waals surface area contributed by atoms with Crippen LogP contribution in [0.15, 0.2) is 0 Å². The number of rotatable bonds is 4. The molecule has 0 aromatic carbocycles. The summed E-state index contributed by atoms with van der Waals surface area (Å²) in [6, 6.07) is 0. The molecule has 100 valence electrons. The molecular weight excluding hydrogens is 236 g/mol. The van der Waals surface area contributed by atoms with Crippen molar-refractivity contribution in [3.8, 4) is 0 Å². The largest absolute Gasteiger partial charge is 0.481 e. The lowest BCUT2D eigenvalue weighted by Crippen LogP contribution is -2.45. The van der Waals surface area contributed by atoms with Crippen LogP contribution in [0.5, 0.6) is 0 Å². The van der Waals surface area contributed by atoms with Crippen LogP contribution in [0.3, 0.4) is 0 Å². The molecule has 2 fully saturated rings. The number of hydrazine groups is 1. The van der Waals surface area contributed by atoms with Crippen molar-refractivity contribution >= 4 is 17.8 Å². The third kappa shape index (κ3) is 2.80. The van der Waals surface area contributed by atoms with E-state index in [1.165, 1.54) is 0 Å². The molecule has 0 aromatic heterocycles. The highest BCUT2D eigenvalue weighted by Crippen LogP contribution is 2.41. The van der Waals surface area contributed by atoms with Crippen molar-refractivity contribution in [3.05, 3.63) is 0 Å². The molecule has 0 aliphatic heterocycles. The molecule has 0 heterocycles. The first-order valence-corrected chi connectivity index (χ1v) is 6.36. The summed E-state index contributed by atoms with van der Waals surface area (Å²) in [5, 5.41) is 9.22. The maximum Gasteiger partial charge on any atom is 0.310 e. The first kappa shape index (κ1) is 12.9. The smallest absolute Gasteiger partial charge is 0.310 e. The summed E-state index contributed by atoms with van der Waals surface area (Å²) < 4.78 is 0. The number of carboxylic acids is 1. The van der Waals surface area contributed by atoms with Crippen LogP contribution in [0.4, 0.5) is 0 Å². The van der Waals surface area contributed by atoms with Gasteiger partial charge in [-0.25, -0.2) is 0 Å². The Labute approximate surface area is 105 Å². The monoisotopic (exact) mass is 254 g/mol. The Hall–Kier alpha value is -1.59. The number of aliphatic carboxylic acids is 1. The van der Waals surface area contributed by atoms with Gasteiger partial charge in [-0.2, -0.15) is 0 Å². The Morgan fingerprint density at radius 1 is 1.11 bits per heavy atom. The Balaban J connectivity index is 1.81. The van der Waals surface area contributed by atoms with Gasteiger partial charge in [0.15, 0.2) is 0 Å². The second-order valence-electron chi connectivity index (χ2n) is 5.28. The number of carbonyl (C=O) groups excluding carboxylic acids is 2. The number of carbonyl (C=O) groups is 3. The number of carboxylic acid groups (broad SMARTS) is 1. The van der Waals surface area contributed by atoms with E-state index in [4.69, 9.17) is 0 Å². The van der Waals surface area contributed by atoms with Crippen LogP contribution < -0.4 is 10.9 Å². The van der Waals surface area contributed by atoms with Gasteiger partial charge >= 0.3 is 5.97 Å². The van der Waals surface area contributed by atoms with Gasteiger partial charge < -0.3 is 5.11 Å². The number of hydrogen-bond donors (Lipinski definition) is 3. The Morgan fingerprint density at radius 2 is 1.72 bits per heavy atom. The maximum atomic E-state index is 11.7. The molecule has 0 unspecified atom stereocenters. The van der Waals surface area contributed by atoms with Gasteiger partial charge in [0.25, 0.3) is 0 Å². The molecular formula is C12H18N2O4. The molecule has 0 saturated heterocycles. The van der Waals surface area contributed by atoms with Crippen LogP contribution in [0, 0.1) is 11.3 Å². The average molecular weight is 254 g/mol. The van der Waals surface area contributed by atoms with E-state index in [0.717, 1.165) is 25.7 Å². The zero-order chi connectivity index (χ0) is 13.2. The quantitative estimate of drug-likeness (QED) is 0.639. The molecule has 18 heavy (non-hydrogen) atoms. The minimum atomic E-state index is -0.936. The molecule has 3 N–H and O–H groups in total. The standard InChI is InChI=1S/C12H18N2O4/c15-9(13-14-10(16)8-3-4-8)7-12(11(17)18)5-1-2-6-12/h8H,1-7H2,(H,13,15)(H,14,16)(H,17,18). The minimum absolute atomic E-state index is 0.0187. The molecule has 2 saturated carbocycles. The summed E-state index contributed by atoms with van der Waals surface area (Å²) in [5.74, 6) is -1.50. The van der Waals surface area contributed by atoms with Gasteiger partial charge in [0.1, 0.15) is 0 Å². The molecule has 6 nitrogen and oxygen atoms in total. The number of hydrogen-bond acceptors (Lipinski definition) is 3. The fourth-order valence-corrected chi connectivity index (χ4v) is 2.45. The minimum Gasteiger partial charge on any atom is -0.481 e. The van der Waals surface area contributed by atoms with Gasteiger partial charge in [0.2, 0.25) is 11.8 Å². The number of amides is 2. The summed E-state index contributed by atoms with van der Waals surface area (Å²) in [6.07, 6.45) is 4.41. The number of nitrogens with one attached hydrogen (secondary N) is 2. The topological polar surface area (TPSA) is 95.5 Å². The van der Waals surface area contributed by atoms with Crippen molar-refractivity contribution in [1.29, 1.82) is 0 Å². The maximum absolute atomic E-state index is 11.7. The van der Waals surface area contributed by atoms with Crippen LogP contribution in [0.25, 0.3) is 0 Å². The first-order valence-electron chi connectivity index (χ1n) is 6.36. The van der Waals surface area contributed by atoms with Crippen molar-refractivity contribution in [2.75, 3.05) is 0 Å². The molecule has 0 spiro atoms. The lowest BCUT2D eigenvalue weighted by molar-refractivity contribution is -0.151. The third-order valence-corrected chi connectivity index (χ3v) is 3.79. The van der Waals surface area contributed by atoms with Crippen molar-refractivity contribution in [3.63, 3.8) is 0 Å². The first-order chi connectivity index (χ1) is 8.53. The van der Waals surface area contributed by atoms with Crippen LogP contribution in [-0.2, 0) is 14.4 Å². The summed E-state index contributed by atoms with van der Waals surface area (Å²) >= 11 is 0. The van der Waals surface area contributed by atoms with Gasteiger partial charge in [0, 0.05) is 12.3 Å². The molecule has 0 bridgehead atoms. The summed E-state index contributed by atoms with van der Waals surface area (Å²) in [6.45, 7) is 0. The molecule has 0 radical (unpaired) electrons. The highest BCUT2D eigenvalue weighted by Gasteiger charge is 2.43. The summed E-state index contributed by atoms with van der Waals surface area (Å²) in [4.78, 5) is 34.2. The van der Waals surface area contributed by atoms with Gasteiger partial charge in [-0.15, -0.1) is 0 Å². The normalized spacial score (nSPS) is 21.3. The molecule has 2 rings (SSSR count). The van der Waals surface area contributed by atoms with Gasteiger partial charge in [-0.05, 0) is 25.7 Å². The highest BCUT2D eigenvalue weighted by molar-refractivity contribution is 5.88. The van der Waals surface area contributed by atoms with E-state index < -0.39 is 17.3 Å². The average Bonchev–Trinajstić information content (AvgIpc) is 3.07. The lowest BCUT2D eigenvalue weighted by atomic mass is 9.82. The fourth-order valence-electron chi connectivity index (χ4n) is 2.45. The molecule has 6 heteroatoms. The van der Waals surface area contributed by atoms with Crippen molar-refractivity contribution < 1.29 is 19.5 Å². The lowest BCUT2D eigenvalue weighted by Gasteiger charge is -2.22. The van der Waals surface area contributed by atoms with Crippen LogP contribution >= 0.6 is 0 Å². The molecule has 0 atom stereocenters. The van der Waals surface area contributed by atoms with Gasteiger partial charge in [0.05, 0.1) is 5.41 Å². The Morgan fingerprint density at radius 3 is 2.22 bits per heavy atom. The van der Waals surface area contributed by atoms with E-state index in [2.05, 4.69) is 10.9 Å². The van der Waals surface area contributed by atoms with Crippen molar-refractivity contribution in [2.24, 2.45) is 11.3 Å². The SMILES string of the molecule is O=C(CC1(C(=O)O)CCCC1)NNC(=O)C1CC1. The zero-order valence-corrected chi connectivity index (χ0v) is 10.2. The van der Waals surface area contributed by atoms with E-state index in [1.807, 2.05) is 0 Å². The van der Waals surface area contributed by atoms with E-state index in [1.54, 1.807) is 0 Å². The van der Waals surface area contributed by atoms with E-state index >= 15 is 0 Å². The Bertz CT molecular complexity index is 370. The second kappa shape index (κ2) is 4.96. The predicted octanol–water partition coefficient (Wildman–Crippen LogP) is 0.579. The molecule has 2 amide bonds. The van der Waals surface area contributed by atoms with Crippen LogP contribution in [0.2, 0.25) is 0 Å². The van der Waals surface area contributed by atoms with Crippen LogP contribution in [-0.4, -0.2) is 22.9 Å². The Kier molecular flexibility index (Phi) is 3.54. The van der Waals surface area contributed by atoms with E-state index in [-0.39, 0.29) is 18.2 Å². The molecule has 2 aliphatic carbocycles. The van der Waals surface area contributed by atoms with E-state index in [0.29, 0.717) is 12.8 Å². The highest BCUT2D eigenvalue weighted by atomic mass is 16.4. The molecule has 2 aliphatic rings. The molecule has 0 aromatic rings. The third-order valence-electron chi connectivity index (χ3n) is 3.79. The van der Waals surface area contributed by atoms with Crippen molar-refractivity contribution in [1.82, 2.24) is 10.9 Å². The van der Waals surface area contributed by atoms with Crippen LogP contribution in [0.1, 0.15) is 44.9 Å². The van der Waals surface area contributed by atoms with E-state index in [9.17, 15) is 19.5 Å². The fraction of sp³-hybridized carbons (Fsp3) is 0.750. The van der Waals surface area contributed by atoms with Gasteiger partial charge in [-0.3, -0.25) is 25.2 Å². The zero-order valence-electron chi connectivity index (χ0n) is 10.2. The predicted molar refractivity (Wildman–Crippen MR) is 62.2 cm³/mol. The second-order valence-corrected chi connectivity index (χ2v) is 5.28. The summed E-state index contributed by atoms with van der Waals surface area (Å²) in [5.41, 5.74) is 3.72. The van der Waals surface area contributed by atoms with Crippen molar-refractivity contribution in [2.45, 2.75) is 44.9 Å².